The molecule has 1 fully saturated rings. The summed E-state index contributed by atoms with van der Waals surface area (Å²) in [6.45, 7) is 8.13. The van der Waals surface area contributed by atoms with Crippen LogP contribution in [0.1, 0.15) is 39.3 Å². The van der Waals surface area contributed by atoms with Gasteiger partial charge in [0, 0.05) is 23.9 Å². The SMILES string of the molecule is CC(C)(C)C1(Cc2ccccn2)CCCN1. The zero-order valence-corrected chi connectivity index (χ0v) is 10.6. The number of rotatable bonds is 2. The first-order chi connectivity index (χ1) is 7.54. The van der Waals surface area contributed by atoms with Crippen molar-refractivity contribution in [3.63, 3.8) is 0 Å². The molecule has 0 spiro atoms. The molecule has 0 saturated carbocycles. The molecule has 2 heteroatoms. The molecule has 1 N–H and O–H groups in total. The van der Waals surface area contributed by atoms with E-state index in [2.05, 4.69) is 43.2 Å². The lowest BCUT2D eigenvalue weighted by molar-refractivity contribution is 0.158. The van der Waals surface area contributed by atoms with Crippen molar-refractivity contribution in [2.24, 2.45) is 5.41 Å². The summed E-state index contributed by atoms with van der Waals surface area (Å²) in [5.74, 6) is 0. The number of aromatic nitrogens is 1. The van der Waals surface area contributed by atoms with E-state index in [0.717, 1.165) is 13.0 Å². The minimum Gasteiger partial charge on any atom is -0.310 e. The van der Waals surface area contributed by atoms with Gasteiger partial charge in [0.25, 0.3) is 0 Å². The van der Waals surface area contributed by atoms with E-state index in [1.165, 1.54) is 18.5 Å². The van der Waals surface area contributed by atoms with Crippen LogP contribution in [0.4, 0.5) is 0 Å². The Bertz CT molecular complexity index is 332. The zero-order chi connectivity index (χ0) is 11.6. The first kappa shape index (κ1) is 11.6. The van der Waals surface area contributed by atoms with E-state index in [1.807, 2.05) is 12.3 Å². The standard InChI is InChI=1S/C14H22N2/c1-13(2,3)14(8-6-10-16-14)11-12-7-4-5-9-15-12/h4-5,7,9,16H,6,8,10-11H2,1-3H3. The predicted octanol–water partition coefficient (Wildman–Crippen LogP) is 2.79. The third kappa shape index (κ3) is 2.12. The molecule has 88 valence electrons. The summed E-state index contributed by atoms with van der Waals surface area (Å²) >= 11 is 0. The highest BCUT2D eigenvalue weighted by Crippen LogP contribution is 2.39. The van der Waals surface area contributed by atoms with Gasteiger partial charge in [0.05, 0.1) is 0 Å². The molecule has 0 amide bonds. The van der Waals surface area contributed by atoms with E-state index >= 15 is 0 Å². The fraction of sp³-hybridized carbons (Fsp3) is 0.643. The maximum absolute atomic E-state index is 4.46. The number of hydrogen-bond donors (Lipinski definition) is 1. The van der Waals surface area contributed by atoms with Crippen LogP contribution in [0.5, 0.6) is 0 Å². The smallest absolute Gasteiger partial charge is 0.0422 e. The highest BCUT2D eigenvalue weighted by molar-refractivity contribution is 5.13. The fourth-order valence-electron chi connectivity index (χ4n) is 2.67. The van der Waals surface area contributed by atoms with Gasteiger partial charge in [0.1, 0.15) is 0 Å². The summed E-state index contributed by atoms with van der Waals surface area (Å²) in [7, 11) is 0. The minimum absolute atomic E-state index is 0.224. The zero-order valence-electron chi connectivity index (χ0n) is 10.6. The number of hydrogen-bond acceptors (Lipinski definition) is 2. The van der Waals surface area contributed by atoms with Gasteiger partial charge in [0.2, 0.25) is 0 Å². The van der Waals surface area contributed by atoms with Crippen LogP contribution in [-0.2, 0) is 6.42 Å². The van der Waals surface area contributed by atoms with Gasteiger partial charge < -0.3 is 5.32 Å². The summed E-state index contributed by atoms with van der Waals surface area (Å²) < 4.78 is 0. The van der Waals surface area contributed by atoms with Crippen molar-refractivity contribution in [1.29, 1.82) is 0 Å². The molecule has 0 bridgehead atoms. The molecule has 2 heterocycles. The molecular formula is C14H22N2. The first-order valence-electron chi connectivity index (χ1n) is 6.18. The maximum atomic E-state index is 4.46. The van der Waals surface area contributed by atoms with Gasteiger partial charge in [-0.3, -0.25) is 4.98 Å². The summed E-state index contributed by atoms with van der Waals surface area (Å²) in [4.78, 5) is 4.46. The minimum atomic E-state index is 0.224. The van der Waals surface area contributed by atoms with E-state index in [9.17, 15) is 0 Å². The Morgan fingerprint density at radius 3 is 2.69 bits per heavy atom. The van der Waals surface area contributed by atoms with Crippen molar-refractivity contribution in [3.05, 3.63) is 30.1 Å². The van der Waals surface area contributed by atoms with Crippen molar-refractivity contribution in [2.45, 2.75) is 45.6 Å². The van der Waals surface area contributed by atoms with Gasteiger partial charge >= 0.3 is 0 Å². The largest absolute Gasteiger partial charge is 0.310 e. The lowest BCUT2D eigenvalue weighted by Crippen LogP contribution is -2.52. The Morgan fingerprint density at radius 1 is 1.38 bits per heavy atom. The average molecular weight is 218 g/mol. The second-order valence-electron chi connectivity index (χ2n) is 5.86. The van der Waals surface area contributed by atoms with E-state index in [-0.39, 0.29) is 11.0 Å². The van der Waals surface area contributed by atoms with Crippen LogP contribution < -0.4 is 5.32 Å². The lowest BCUT2D eigenvalue weighted by Gasteiger charge is -2.42. The van der Waals surface area contributed by atoms with E-state index in [0.29, 0.717) is 0 Å². The van der Waals surface area contributed by atoms with Gasteiger partial charge in [0.15, 0.2) is 0 Å². The molecule has 1 atom stereocenters. The van der Waals surface area contributed by atoms with Crippen molar-refractivity contribution in [1.82, 2.24) is 10.3 Å². The summed E-state index contributed by atoms with van der Waals surface area (Å²) in [6, 6.07) is 6.19. The molecule has 1 aromatic rings. The Labute approximate surface area is 98.5 Å². The predicted molar refractivity (Wildman–Crippen MR) is 67.4 cm³/mol. The highest BCUT2D eigenvalue weighted by atomic mass is 15.0. The third-order valence-electron chi connectivity index (χ3n) is 3.89. The summed E-state index contributed by atoms with van der Waals surface area (Å²) in [5.41, 5.74) is 1.70. The van der Waals surface area contributed by atoms with Crippen molar-refractivity contribution in [2.75, 3.05) is 6.54 Å². The molecule has 1 aliphatic rings. The van der Waals surface area contributed by atoms with Crippen LogP contribution in [0.2, 0.25) is 0 Å². The Balaban J connectivity index is 2.22. The van der Waals surface area contributed by atoms with Gasteiger partial charge in [-0.1, -0.05) is 26.8 Å². The van der Waals surface area contributed by atoms with Gasteiger partial charge in [-0.15, -0.1) is 0 Å². The number of pyridine rings is 1. The summed E-state index contributed by atoms with van der Waals surface area (Å²) in [5, 5.41) is 3.72. The van der Waals surface area contributed by atoms with Crippen LogP contribution in [-0.4, -0.2) is 17.1 Å². The third-order valence-corrected chi connectivity index (χ3v) is 3.89. The first-order valence-corrected chi connectivity index (χ1v) is 6.18. The Kier molecular flexibility index (Phi) is 3.02. The molecule has 2 nitrogen and oxygen atoms in total. The van der Waals surface area contributed by atoms with Crippen LogP contribution in [0, 0.1) is 5.41 Å². The molecule has 1 unspecified atom stereocenters. The Morgan fingerprint density at radius 2 is 2.19 bits per heavy atom. The molecular weight excluding hydrogens is 196 g/mol. The fourth-order valence-corrected chi connectivity index (χ4v) is 2.67. The van der Waals surface area contributed by atoms with E-state index in [1.54, 1.807) is 0 Å². The maximum Gasteiger partial charge on any atom is 0.0422 e. The number of nitrogens with zero attached hydrogens (tertiary/aromatic N) is 1. The van der Waals surface area contributed by atoms with Crippen molar-refractivity contribution in [3.8, 4) is 0 Å². The second kappa shape index (κ2) is 4.17. The normalized spacial score (nSPS) is 25.9. The van der Waals surface area contributed by atoms with Gasteiger partial charge in [-0.05, 0) is 36.9 Å². The van der Waals surface area contributed by atoms with E-state index < -0.39 is 0 Å². The average Bonchev–Trinajstić information content (AvgIpc) is 2.68. The highest BCUT2D eigenvalue weighted by Gasteiger charge is 2.43. The lowest BCUT2D eigenvalue weighted by atomic mass is 9.70. The van der Waals surface area contributed by atoms with Gasteiger partial charge in [-0.2, -0.15) is 0 Å². The van der Waals surface area contributed by atoms with E-state index in [4.69, 9.17) is 0 Å². The second-order valence-corrected chi connectivity index (χ2v) is 5.86. The summed E-state index contributed by atoms with van der Waals surface area (Å²) in [6.07, 6.45) is 5.47. The molecule has 1 aromatic heterocycles. The van der Waals surface area contributed by atoms with Crippen LogP contribution >= 0.6 is 0 Å². The Hall–Kier alpha value is -0.890. The van der Waals surface area contributed by atoms with Gasteiger partial charge in [-0.25, -0.2) is 0 Å². The molecule has 16 heavy (non-hydrogen) atoms. The number of nitrogens with one attached hydrogen (secondary N) is 1. The molecule has 1 saturated heterocycles. The van der Waals surface area contributed by atoms with Crippen LogP contribution in [0.25, 0.3) is 0 Å². The monoisotopic (exact) mass is 218 g/mol. The quantitative estimate of drug-likeness (QED) is 0.825. The van der Waals surface area contributed by atoms with Crippen LogP contribution in [0.3, 0.4) is 0 Å². The van der Waals surface area contributed by atoms with Crippen LogP contribution in [0.15, 0.2) is 24.4 Å². The van der Waals surface area contributed by atoms with Crippen molar-refractivity contribution >= 4 is 0 Å². The molecule has 0 aromatic carbocycles. The molecule has 1 aliphatic heterocycles. The molecule has 0 radical (unpaired) electrons. The van der Waals surface area contributed by atoms with Crippen molar-refractivity contribution < 1.29 is 0 Å². The molecule has 2 rings (SSSR count). The topological polar surface area (TPSA) is 24.9 Å². The molecule has 0 aliphatic carbocycles.